The SMILES string of the molecule is O=C(Nc1cc(C(=O)N2CC[C@@H](O)C2)nn1-c1ccccc1)c1cc(-c2ccccn2)c(F)cc1Cl. The molecule has 0 bridgehead atoms. The summed E-state index contributed by atoms with van der Waals surface area (Å²) in [6, 6.07) is 17.9. The monoisotopic (exact) mass is 505 g/mol. The number of amides is 2. The molecular weight excluding hydrogens is 485 g/mol. The van der Waals surface area contributed by atoms with Crippen molar-refractivity contribution in [1.29, 1.82) is 0 Å². The third-order valence-electron chi connectivity index (χ3n) is 5.86. The van der Waals surface area contributed by atoms with E-state index in [1.54, 1.807) is 42.5 Å². The second-order valence-electron chi connectivity index (χ2n) is 8.34. The minimum Gasteiger partial charge on any atom is -0.391 e. The van der Waals surface area contributed by atoms with Crippen LogP contribution in [0.4, 0.5) is 10.2 Å². The highest BCUT2D eigenvalue weighted by Gasteiger charge is 2.28. The number of benzene rings is 2. The molecule has 2 aromatic heterocycles. The molecule has 0 aliphatic carbocycles. The molecule has 1 fully saturated rings. The number of pyridine rings is 1. The molecule has 2 N–H and O–H groups in total. The molecule has 1 saturated heterocycles. The van der Waals surface area contributed by atoms with Crippen LogP contribution in [-0.4, -0.2) is 55.8 Å². The zero-order valence-electron chi connectivity index (χ0n) is 18.9. The minimum absolute atomic E-state index is 0.0371. The van der Waals surface area contributed by atoms with E-state index in [-0.39, 0.29) is 40.1 Å². The van der Waals surface area contributed by atoms with Crippen molar-refractivity contribution < 1.29 is 19.1 Å². The number of hydrogen-bond donors (Lipinski definition) is 2. The van der Waals surface area contributed by atoms with Gasteiger partial charge in [-0.3, -0.25) is 14.6 Å². The average Bonchev–Trinajstić information content (AvgIpc) is 3.51. The second-order valence-corrected chi connectivity index (χ2v) is 8.74. The quantitative estimate of drug-likeness (QED) is 0.424. The number of anilines is 1. The smallest absolute Gasteiger partial charge is 0.274 e. The van der Waals surface area contributed by atoms with Crippen molar-refractivity contribution in [1.82, 2.24) is 19.7 Å². The Hall–Kier alpha value is -4.08. The first kappa shape index (κ1) is 23.7. The number of para-hydroxylation sites is 1. The lowest BCUT2D eigenvalue weighted by Gasteiger charge is -2.13. The van der Waals surface area contributed by atoms with Crippen molar-refractivity contribution in [3.8, 4) is 16.9 Å². The largest absolute Gasteiger partial charge is 0.391 e. The topological polar surface area (TPSA) is 100 Å². The highest BCUT2D eigenvalue weighted by molar-refractivity contribution is 6.34. The van der Waals surface area contributed by atoms with Gasteiger partial charge < -0.3 is 15.3 Å². The molecule has 10 heteroatoms. The number of aliphatic hydroxyl groups is 1. The normalized spacial score (nSPS) is 15.2. The number of hydrogen-bond acceptors (Lipinski definition) is 5. The third kappa shape index (κ3) is 4.71. The zero-order valence-corrected chi connectivity index (χ0v) is 19.7. The van der Waals surface area contributed by atoms with Gasteiger partial charge in [0.2, 0.25) is 0 Å². The zero-order chi connectivity index (χ0) is 25.2. The molecule has 1 aliphatic heterocycles. The van der Waals surface area contributed by atoms with E-state index in [9.17, 15) is 19.1 Å². The lowest BCUT2D eigenvalue weighted by atomic mass is 10.1. The summed E-state index contributed by atoms with van der Waals surface area (Å²) in [4.78, 5) is 32.0. The molecule has 5 rings (SSSR count). The molecule has 4 aromatic rings. The number of likely N-dealkylation sites (tertiary alicyclic amines) is 1. The van der Waals surface area contributed by atoms with Crippen LogP contribution in [0.2, 0.25) is 5.02 Å². The molecule has 3 heterocycles. The fraction of sp³-hybridized carbons (Fsp3) is 0.154. The van der Waals surface area contributed by atoms with Gasteiger partial charge in [0.1, 0.15) is 11.6 Å². The molecule has 0 spiro atoms. The van der Waals surface area contributed by atoms with Crippen molar-refractivity contribution >= 4 is 29.2 Å². The maximum Gasteiger partial charge on any atom is 0.274 e. The summed E-state index contributed by atoms with van der Waals surface area (Å²) in [7, 11) is 0. The molecule has 2 amide bonds. The Morgan fingerprint density at radius 2 is 1.86 bits per heavy atom. The van der Waals surface area contributed by atoms with E-state index in [0.717, 1.165) is 6.07 Å². The Kier molecular flexibility index (Phi) is 6.49. The second kappa shape index (κ2) is 9.88. The van der Waals surface area contributed by atoms with Gasteiger partial charge in [0, 0.05) is 30.9 Å². The van der Waals surface area contributed by atoms with Crippen molar-refractivity contribution in [3.63, 3.8) is 0 Å². The number of rotatable bonds is 5. The first-order valence-electron chi connectivity index (χ1n) is 11.3. The highest BCUT2D eigenvalue weighted by Crippen LogP contribution is 2.29. The van der Waals surface area contributed by atoms with Gasteiger partial charge in [0.15, 0.2) is 5.69 Å². The number of halogens is 2. The maximum atomic E-state index is 14.6. The van der Waals surface area contributed by atoms with E-state index >= 15 is 0 Å². The molecule has 8 nitrogen and oxygen atoms in total. The number of aromatic nitrogens is 3. The average molecular weight is 506 g/mol. The van der Waals surface area contributed by atoms with Crippen LogP contribution in [0.1, 0.15) is 27.3 Å². The minimum atomic E-state index is -0.607. The molecule has 1 aliphatic rings. The Labute approximate surface area is 211 Å². The van der Waals surface area contributed by atoms with Gasteiger partial charge in [-0.25, -0.2) is 9.07 Å². The summed E-state index contributed by atoms with van der Waals surface area (Å²) < 4.78 is 16.1. The fourth-order valence-electron chi connectivity index (χ4n) is 4.05. The van der Waals surface area contributed by atoms with Crippen LogP contribution in [0.15, 0.2) is 72.9 Å². The molecule has 0 radical (unpaired) electrons. The van der Waals surface area contributed by atoms with Crippen LogP contribution in [-0.2, 0) is 0 Å². The van der Waals surface area contributed by atoms with E-state index in [2.05, 4.69) is 15.4 Å². The summed E-state index contributed by atoms with van der Waals surface area (Å²) in [5, 5.41) is 16.9. The van der Waals surface area contributed by atoms with Crippen LogP contribution in [0, 0.1) is 5.82 Å². The van der Waals surface area contributed by atoms with Crippen molar-refractivity contribution in [2.75, 3.05) is 18.4 Å². The van der Waals surface area contributed by atoms with Gasteiger partial charge in [-0.05, 0) is 42.8 Å². The first-order chi connectivity index (χ1) is 17.4. The number of nitrogens with zero attached hydrogens (tertiary/aromatic N) is 4. The summed E-state index contributed by atoms with van der Waals surface area (Å²) in [5.74, 6) is -1.34. The standard InChI is InChI=1S/C26H21ClFN5O3/c27-20-13-21(28)19(22-8-4-5-10-29-22)12-18(20)25(35)30-24-14-23(26(36)32-11-9-17(34)15-32)31-33(24)16-6-2-1-3-7-16/h1-8,10,12-14,17,34H,9,11,15H2,(H,30,35)/t17-/m1/s1. The Morgan fingerprint density at radius 1 is 1.08 bits per heavy atom. The van der Waals surface area contributed by atoms with E-state index < -0.39 is 17.8 Å². The Bertz CT molecular complexity index is 1430. The summed E-state index contributed by atoms with van der Waals surface area (Å²) in [6.07, 6.45) is 1.45. The molecule has 36 heavy (non-hydrogen) atoms. The molecular formula is C26H21ClFN5O3. The number of β-amino-alcohol motifs (C(OH)–C–C–N with tert-alkyl or cyclic N) is 1. The van der Waals surface area contributed by atoms with Gasteiger partial charge in [-0.1, -0.05) is 35.9 Å². The summed E-state index contributed by atoms with van der Waals surface area (Å²) in [5.41, 5.74) is 1.26. The highest BCUT2D eigenvalue weighted by atomic mass is 35.5. The predicted molar refractivity (Wildman–Crippen MR) is 133 cm³/mol. The number of carbonyl (C=O) groups excluding carboxylic acids is 2. The van der Waals surface area contributed by atoms with Crippen LogP contribution in [0.3, 0.4) is 0 Å². The van der Waals surface area contributed by atoms with Gasteiger partial charge in [0.05, 0.1) is 28.1 Å². The molecule has 1 atom stereocenters. The molecule has 182 valence electrons. The van der Waals surface area contributed by atoms with Crippen molar-refractivity contribution in [2.45, 2.75) is 12.5 Å². The molecule has 0 saturated carbocycles. The molecule has 2 aromatic carbocycles. The van der Waals surface area contributed by atoms with Gasteiger partial charge in [-0.2, -0.15) is 5.10 Å². The van der Waals surface area contributed by atoms with Gasteiger partial charge >= 0.3 is 0 Å². The van der Waals surface area contributed by atoms with Crippen molar-refractivity contribution in [2.24, 2.45) is 0 Å². The number of aliphatic hydroxyl groups excluding tert-OH is 1. The Balaban J connectivity index is 1.50. The number of nitrogens with one attached hydrogen (secondary N) is 1. The summed E-state index contributed by atoms with van der Waals surface area (Å²) >= 11 is 6.23. The van der Waals surface area contributed by atoms with E-state index in [1.807, 2.05) is 6.07 Å². The van der Waals surface area contributed by atoms with E-state index in [4.69, 9.17) is 11.6 Å². The summed E-state index contributed by atoms with van der Waals surface area (Å²) in [6.45, 7) is 0.640. The van der Waals surface area contributed by atoms with Gasteiger partial charge in [-0.15, -0.1) is 0 Å². The van der Waals surface area contributed by atoms with Crippen molar-refractivity contribution in [3.05, 3.63) is 95.0 Å². The number of carbonyl (C=O) groups is 2. The van der Waals surface area contributed by atoms with E-state index in [1.165, 1.54) is 27.9 Å². The van der Waals surface area contributed by atoms with Crippen LogP contribution < -0.4 is 5.32 Å². The predicted octanol–water partition coefficient (Wildman–Crippen LogP) is 4.19. The van der Waals surface area contributed by atoms with Gasteiger partial charge in [0.25, 0.3) is 11.8 Å². The van der Waals surface area contributed by atoms with Crippen LogP contribution >= 0.6 is 11.6 Å². The maximum absolute atomic E-state index is 14.6. The lowest BCUT2D eigenvalue weighted by Crippen LogP contribution is -2.29. The third-order valence-corrected chi connectivity index (χ3v) is 6.18. The Morgan fingerprint density at radius 3 is 2.56 bits per heavy atom. The first-order valence-corrected chi connectivity index (χ1v) is 11.6. The lowest BCUT2D eigenvalue weighted by molar-refractivity contribution is 0.0758. The fourth-order valence-corrected chi connectivity index (χ4v) is 4.29. The van der Waals surface area contributed by atoms with Crippen LogP contribution in [0.25, 0.3) is 16.9 Å². The van der Waals surface area contributed by atoms with Crippen LogP contribution in [0.5, 0.6) is 0 Å². The molecule has 0 unspecified atom stereocenters. The van der Waals surface area contributed by atoms with E-state index in [0.29, 0.717) is 24.3 Å².